The Morgan fingerprint density at radius 1 is 1.18 bits per heavy atom. The van der Waals surface area contributed by atoms with Crippen molar-refractivity contribution < 1.29 is 9.53 Å². The summed E-state index contributed by atoms with van der Waals surface area (Å²) in [6, 6.07) is 14.2. The van der Waals surface area contributed by atoms with Crippen LogP contribution in [0.4, 0.5) is 0 Å². The number of rotatable bonds is 6. The van der Waals surface area contributed by atoms with Crippen LogP contribution in [0.1, 0.15) is 37.9 Å². The third-order valence-electron chi connectivity index (χ3n) is 5.91. The predicted octanol–water partition coefficient (Wildman–Crippen LogP) is 3.77. The summed E-state index contributed by atoms with van der Waals surface area (Å²) >= 11 is 7.44. The average molecular weight is 496 g/mol. The van der Waals surface area contributed by atoms with Gasteiger partial charge in [0, 0.05) is 23.7 Å². The molecule has 4 rings (SSSR count). The molecule has 1 atom stereocenters. The van der Waals surface area contributed by atoms with Crippen molar-refractivity contribution in [1.82, 2.24) is 9.47 Å². The van der Waals surface area contributed by atoms with Gasteiger partial charge in [0.15, 0.2) is 4.80 Å². The van der Waals surface area contributed by atoms with E-state index in [4.69, 9.17) is 21.3 Å². The van der Waals surface area contributed by atoms with E-state index < -0.39 is 6.04 Å². The summed E-state index contributed by atoms with van der Waals surface area (Å²) in [6.07, 6.45) is 1.81. The number of para-hydroxylation sites is 1. The van der Waals surface area contributed by atoms with Gasteiger partial charge in [0.25, 0.3) is 11.5 Å². The van der Waals surface area contributed by atoms with E-state index in [2.05, 4.69) is 0 Å². The lowest BCUT2D eigenvalue weighted by atomic mass is 9.94. The van der Waals surface area contributed by atoms with Crippen LogP contribution in [0.5, 0.6) is 5.75 Å². The van der Waals surface area contributed by atoms with Gasteiger partial charge in [-0.15, -0.1) is 0 Å². The van der Waals surface area contributed by atoms with Crippen LogP contribution in [-0.4, -0.2) is 35.6 Å². The molecule has 3 aromatic rings. The third kappa shape index (κ3) is 4.33. The van der Waals surface area contributed by atoms with Crippen molar-refractivity contribution in [2.45, 2.75) is 26.8 Å². The van der Waals surface area contributed by atoms with E-state index in [1.54, 1.807) is 28.7 Å². The normalized spacial score (nSPS) is 15.7. The van der Waals surface area contributed by atoms with Crippen molar-refractivity contribution in [3.63, 3.8) is 0 Å². The molecule has 1 aliphatic heterocycles. The molecule has 0 fully saturated rings. The van der Waals surface area contributed by atoms with Gasteiger partial charge in [0.05, 0.1) is 29.0 Å². The standard InChI is InChI=1S/C26H26ClN3O3S/c1-5-29(6-2)25(32)22-16(3)28-26-30(23(22)17-11-13-19(27)14-12-17)24(31)21(34-26)15-18-9-7-8-10-20(18)33-4/h7-15,23H,5-6H2,1-4H3/b21-15+/t23-/m0/s1. The number of methoxy groups -OCH3 is 1. The van der Waals surface area contributed by atoms with E-state index in [-0.39, 0.29) is 11.5 Å². The third-order valence-corrected chi connectivity index (χ3v) is 7.15. The van der Waals surface area contributed by atoms with Crippen LogP contribution in [-0.2, 0) is 4.79 Å². The molecular formula is C26H26ClN3O3S. The lowest BCUT2D eigenvalue weighted by molar-refractivity contribution is -0.127. The van der Waals surface area contributed by atoms with Crippen molar-refractivity contribution in [2.24, 2.45) is 4.99 Å². The van der Waals surface area contributed by atoms with Gasteiger partial charge < -0.3 is 9.64 Å². The quantitative estimate of drug-likeness (QED) is 0.523. The number of ether oxygens (including phenoxy) is 1. The first-order chi connectivity index (χ1) is 16.4. The number of benzene rings is 2. The summed E-state index contributed by atoms with van der Waals surface area (Å²) in [4.78, 5) is 34.3. The molecule has 176 valence electrons. The Bertz CT molecular complexity index is 1430. The molecule has 8 heteroatoms. The molecule has 0 aliphatic carbocycles. The second-order valence-electron chi connectivity index (χ2n) is 7.85. The highest BCUT2D eigenvalue weighted by Gasteiger charge is 2.34. The molecule has 0 bridgehead atoms. The van der Waals surface area contributed by atoms with Gasteiger partial charge in [-0.2, -0.15) is 0 Å². The Labute approximate surface area is 207 Å². The monoisotopic (exact) mass is 495 g/mol. The zero-order chi connectivity index (χ0) is 24.4. The molecule has 34 heavy (non-hydrogen) atoms. The zero-order valence-corrected chi connectivity index (χ0v) is 21.1. The highest BCUT2D eigenvalue weighted by atomic mass is 35.5. The highest BCUT2D eigenvalue weighted by Crippen LogP contribution is 2.31. The van der Waals surface area contributed by atoms with Crippen LogP contribution in [0, 0.1) is 0 Å². The fourth-order valence-corrected chi connectivity index (χ4v) is 5.33. The molecule has 1 amide bonds. The molecule has 1 aromatic heterocycles. The number of aromatic nitrogens is 1. The van der Waals surface area contributed by atoms with Gasteiger partial charge in [0.1, 0.15) is 5.75 Å². The van der Waals surface area contributed by atoms with Crippen molar-refractivity contribution in [1.29, 1.82) is 0 Å². The molecule has 0 spiro atoms. The SMILES string of the molecule is CCN(CC)C(=O)C1=C(C)N=c2s/c(=C/c3ccccc3OC)c(=O)n2[C@H]1c1ccc(Cl)cc1. The summed E-state index contributed by atoms with van der Waals surface area (Å²) in [5.74, 6) is 0.557. The number of allylic oxidation sites excluding steroid dienone is 1. The number of likely N-dealkylation sites (N-methyl/N-ethyl adjacent to an activating group) is 1. The van der Waals surface area contributed by atoms with E-state index >= 15 is 0 Å². The van der Waals surface area contributed by atoms with E-state index in [9.17, 15) is 9.59 Å². The smallest absolute Gasteiger partial charge is 0.271 e. The molecule has 0 N–H and O–H groups in total. The molecular weight excluding hydrogens is 470 g/mol. The predicted molar refractivity (Wildman–Crippen MR) is 136 cm³/mol. The number of halogens is 1. The van der Waals surface area contributed by atoms with Gasteiger partial charge in [-0.05, 0) is 50.6 Å². The molecule has 6 nitrogen and oxygen atoms in total. The topological polar surface area (TPSA) is 63.9 Å². The van der Waals surface area contributed by atoms with E-state index in [1.165, 1.54) is 11.3 Å². The van der Waals surface area contributed by atoms with Gasteiger partial charge in [-0.1, -0.05) is 53.3 Å². The van der Waals surface area contributed by atoms with Gasteiger partial charge in [-0.3, -0.25) is 14.2 Å². The summed E-state index contributed by atoms with van der Waals surface area (Å²) < 4.78 is 7.59. The largest absolute Gasteiger partial charge is 0.496 e. The summed E-state index contributed by atoms with van der Waals surface area (Å²) in [6.45, 7) is 6.85. The lowest BCUT2D eigenvalue weighted by Crippen LogP contribution is -2.43. The minimum Gasteiger partial charge on any atom is -0.496 e. The number of fused-ring (bicyclic) bond motifs is 1. The number of carbonyl (C=O) groups is 1. The van der Waals surface area contributed by atoms with Crippen LogP contribution in [0.15, 0.2) is 69.6 Å². The maximum Gasteiger partial charge on any atom is 0.271 e. The minimum absolute atomic E-state index is 0.120. The first-order valence-electron chi connectivity index (χ1n) is 11.1. The summed E-state index contributed by atoms with van der Waals surface area (Å²) in [7, 11) is 1.60. The van der Waals surface area contributed by atoms with Gasteiger partial charge in [-0.25, -0.2) is 4.99 Å². The molecule has 0 saturated carbocycles. The molecule has 2 aromatic carbocycles. The van der Waals surface area contributed by atoms with Crippen molar-refractivity contribution in [2.75, 3.05) is 20.2 Å². The van der Waals surface area contributed by atoms with Crippen LogP contribution < -0.4 is 19.6 Å². The van der Waals surface area contributed by atoms with E-state index in [0.717, 1.165) is 11.1 Å². The second-order valence-corrected chi connectivity index (χ2v) is 9.30. The molecule has 0 saturated heterocycles. The Morgan fingerprint density at radius 2 is 1.85 bits per heavy atom. The Kier molecular flexibility index (Phi) is 7.05. The maximum atomic E-state index is 13.7. The highest BCUT2D eigenvalue weighted by molar-refractivity contribution is 7.07. The van der Waals surface area contributed by atoms with Crippen LogP contribution in [0.25, 0.3) is 6.08 Å². The molecule has 0 radical (unpaired) electrons. The first-order valence-corrected chi connectivity index (χ1v) is 12.3. The molecule has 1 aliphatic rings. The average Bonchev–Trinajstić information content (AvgIpc) is 3.14. The van der Waals surface area contributed by atoms with Crippen molar-refractivity contribution in [3.05, 3.63) is 95.6 Å². The lowest BCUT2D eigenvalue weighted by Gasteiger charge is -2.29. The van der Waals surface area contributed by atoms with Crippen LogP contribution in [0.3, 0.4) is 0 Å². The van der Waals surface area contributed by atoms with Crippen LogP contribution in [0.2, 0.25) is 5.02 Å². The van der Waals surface area contributed by atoms with E-state index in [0.29, 0.717) is 44.5 Å². The van der Waals surface area contributed by atoms with Crippen molar-refractivity contribution in [3.8, 4) is 5.75 Å². The number of nitrogens with zero attached hydrogens (tertiary/aromatic N) is 3. The van der Waals surface area contributed by atoms with Gasteiger partial charge in [0.2, 0.25) is 0 Å². The Balaban J connectivity index is 1.97. The fraction of sp³-hybridized carbons (Fsp3) is 0.269. The molecule has 2 heterocycles. The number of thiazole rings is 1. The van der Waals surface area contributed by atoms with Crippen LogP contribution >= 0.6 is 22.9 Å². The first kappa shape index (κ1) is 24.0. The minimum atomic E-state index is -0.596. The van der Waals surface area contributed by atoms with E-state index in [1.807, 2.05) is 63.2 Å². The molecule has 0 unspecified atom stereocenters. The Morgan fingerprint density at radius 3 is 2.50 bits per heavy atom. The number of carbonyl (C=O) groups excluding carboxylic acids is 1. The number of hydrogen-bond donors (Lipinski definition) is 0. The zero-order valence-electron chi connectivity index (χ0n) is 19.5. The Hall–Kier alpha value is -3.16. The van der Waals surface area contributed by atoms with Gasteiger partial charge >= 0.3 is 0 Å². The number of hydrogen-bond acceptors (Lipinski definition) is 5. The second kappa shape index (κ2) is 9.99. The number of amides is 1. The fourth-order valence-electron chi connectivity index (χ4n) is 4.16. The summed E-state index contributed by atoms with van der Waals surface area (Å²) in [5, 5.41) is 0.588. The maximum absolute atomic E-state index is 13.7. The summed E-state index contributed by atoms with van der Waals surface area (Å²) in [5.41, 5.74) is 2.52. The van der Waals surface area contributed by atoms with Crippen molar-refractivity contribution >= 4 is 34.9 Å².